The molecule has 126 valence electrons. The number of hydrogen-bond donors (Lipinski definition) is 1. The SMILES string of the molecule is O=C(Nc1cccc(-c2ccsc2)c1)c1cnc(-c2ccccc2)nc1. The van der Waals surface area contributed by atoms with Gasteiger partial charge < -0.3 is 5.32 Å². The normalized spacial score (nSPS) is 10.5. The van der Waals surface area contributed by atoms with E-state index in [0.29, 0.717) is 11.4 Å². The van der Waals surface area contributed by atoms with Crippen LogP contribution in [0.5, 0.6) is 0 Å². The van der Waals surface area contributed by atoms with Crippen molar-refractivity contribution in [3.05, 3.63) is 89.4 Å². The summed E-state index contributed by atoms with van der Waals surface area (Å²) in [5.41, 5.74) is 4.29. The lowest BCUT2D eigenvalue weighted by Gasteiger charge is -2.07. The molecule has 2 heterocycles. The summed E-state index contributed by atoms with van der Waals surface area (Å²) >= 11 is 1.65. The summed E-state index contributed by atoms with van der Waals surface area (Å²) in [6.45, 7) is 0. The first-order chi connectivity index (χ1) is 12.8. The first-order valence-corrected chi connectivity index (χ1v) is 9.05. The van der Waals surface area contributed by atoms with E-state index in [2.05, 4.69) is 26.7 Å². The minimum absolute atomic E-state index is 0.230. The molecule has 0 bridgehead atoms. The van der Waals surface area contributed by atoms with E-state index in [1.807, 2.05) is 60.0 Å². The highest BCUT2D eigenvalue weighted by Gasteiger charge is 2.09. The van der Waals surface area contributed by atoms with Crippen LogP contribution in [0.1, 0.15) is 10.4 Å². The fourth-order valence-electron chi connectivity index (χ4n) is 2.59. The van der Waals surface area contributed by atoms with Crippen molar-refractivity contribution in [1.82, 2.24) is 9.97 Å². The fourth-order valence-corrected chi connectivity index (χ4v) is 3.26. The molecule has 2 aromatic carbocycles. The molecule has 0 aliphatic heterocycles. The molecule has 0 spiro atoms. The van der Waals surface area contributed by atoms with Crippen LogP contribution in [0.15, 0.2) is 83.8 Å². The predicted molar refractivity (Wildman–Crippen MR) is 105 cm³/mol. The van der Waals surface area contributed by atoms with Crippen molar-refractivity contribution in [3.63, 3.8) is 0 Å². The van der Waals surface area contributed by atoms with Crippen LogP contribution in [-0.2, 0) is 0 Å². The molecule has 26 heavy (non-hydrogen) atoms. The Morgan fingerprint density at radius 3 is 2.35 bits per heavy atom. The smallest absolute Gasteiger partial charge is 0.258 e. The van der Waals surface area contributed by atoms with Crippen molar-refractivity contribution in [2.75, 3.05) is 5.32 Å². The van der Waals surface area contributed by atoms with Crippen LogP contribution >= 0.6 is 11.3 Å². The van der Waals surface area contributed by atoms with Gasteiger partial charge in [-0.2, -0.15) is 11.3 Å². The minimum atomic E-state index is -0.230. The number of thiophene rings is 1. The van der Waals surface area contributed by atoms with Gasteiger partial charge in [-0.25, -0.2) is 9.97 Å². The van der Waals surface area contributed by atoms with E-state index in [1.54, 1.807) is 23.7 Å². The van der Waals surface area contributed by atoms with Gasteiger partial charge in [0.25, 0.3) is 5.91 Å². The van der Waals surface area contributed by atoms with Crippen LogP contribution in [0.25, 0.3) is 22.5 Å². The van der Waals surface area contributed by atoms with Crippen molar-refractivity contribution in [3.8, 4) is 22.5 Å². The van der Waals surface area contributed by atoms with Crippen LogP contribution in [0.4, 0.5) is 5.69 Å². The monoisotopic (exact) mass is 357 g/mol. The largest absolute Gasteiger partial charge is 0.322 e. The summed E-state index contributed by atoms with van der Waals surface area (Å²) in [5.74, 6) is 0.369. The van der Waals surface area contributed by atoms with Crippen molar-refractivity contribution in [2.24, 2.45) is 0 Å². The number of nitrogens with zero attached hydrogens (tertiary/aromatic N) is 2. The molecule has 0 radical (unpaired) electrons. The van der Waals surface area contributed by atoms with Crippen LogP contribution in [0.2, 0.25) is 0 Å². The highest BCUT2D eigenvalue weighted by molar-refractivity contribution is 7.08. The Labute approximate surface area is 155 Å². The average Bonchev–Trinajstić information content (AvgIpc) is 3.24. The summed E-state index contributed by atoms with van der Waals surface area (Å²) in [6, 6.07) is 19.5. The molecule has 1 N–H and O–H groups in total. The van der Waals surface area contributed by atoms with E-state index < -0.39 is 0 Å². The summed E-state index contributed by atoms with van der Waals surface area (Å²) in [6.07, 6.45) is 3.10. The molecule has 0 saturated carbocycles. The van der Waals surface area contributed by atoms with Gasteiger partial charge in [-0.3, -0.25) is 4.79 Å². The molecule has 4 nitrogen and oxygen atoms in total. The lowest BCUT2D eigenvalue weighted by atomic mass is 10.1. The molecule has 1 amide bonds. The quantitative estimate of drug-likeness (QED) is 0.551. The second-order valence-corrected chi connectivity index (χ2v) is 6.49. The van der Waals surface area contributed by atoms with Gasteiger partial charge in [-0.05, 0) is 40.1 Å². The zero-order valence-corrected chi connectivity index (χ0v) is 14.6. The predicted octanol–water partition coefficient (Wildman–Crippen LogP) is 5.12. The summed E-state index contributed by atoms with van der Waals surface area (Å²) in [7, 11) is 0. The molecule has 0 fully saturated rings. The molecule has 0 aliphatic rings. The maximum atomic E-state index is 12.5. The van der Waals surface area contributed by atoms with Crippen molar-refractivity contribution >= 4 is 22.9 Å². The van der Waals surface area contributed by atoms with Crippen LogP contribution < -0.4 is 5.32 Å². The molecule has 4 rings (SSSR count). The number of carbonyl (C=O) groups excluding carboxylic acids is 1. The standard InChI is InChI=1S/C21H15N3OS/c25-21(18-12-22-20(23-13-18)15-5-2-1-3-6-15)24-19-8-4-7-16(11-19)17-9-10-26-14-17/h1-14H,(H,24,25). The summed E-state index contributed by atoms with van der Waals surface area (Å²) in [5, 5.41) is 7.02. The van der Waals surface area contributed by atoms with E-state index >= 15 is 0 Å². The lowest BCUT2D eigenvalue weighted by Crippen LogP contribution is -2.12. The molecule has 0 unspecified atom stereocenters. The number of aromatic nitrogens is 2. The first-order valence-electron chi connectivity index (χ1n) is 8.11. The van der Waals surface area contributed by atoms with E-state index in [0.717, 1.165) is 22.4 Å². The van der Waals surface area contributed by atoms with Gasteiger partial charge in [-0.15, -0.1) is 0 Å². The number of amides is 1. The van der Waals surface area contributed by atoms with Gasteiger partial charge in [0.1, 0.15) is 0 Å². The zero-order valence-electron chi connectivity index (χ0n) is 13.8. The highest BCUT2D eigenvalue weighted by atomic mass is 32.1. The third-order valence-electron chi connectivity index (χ3n) is 3.92. The lowest BCUT2D eigenvalue weighted by molar-refractivity contribution is 0.102. The van der Waals surface area contributed by atoms with E-state index in [-0.39, 0.29) is 5.91 Å². The molecule has 5 heteroatoms. The summed E-state index contributed by atoms with van der Waals surface area (Å²) in [4.78, 5) is 21.1. The number of nitrogens with one attached hydrogen (secondary N) is 1. The number of rotatable bonds is 4. The Balaban J connectivity index is 1.51. The number of carbonyl (C=O) groups is 1. The molecule has 0 aliphatic carbocycles. The van der Waals surface area contributed by atoms with Gasteiger partial charge in [0, 0.05) is 23.6 Å². The minimum Gasteiger partial charge on any atom is -0.322 e. The van der Waals surface area contributed by atoms with Crippen LogP contribution in [0, 0.1) is 0 Å². The van der Waals surface area contributed by atoms with Gasteiger partial charge in [0.05, 0.1) is 5.56 Å². The third kappa shape index (κ3) is 3.53. The topological polar surface area (TPSA) is 54.9 Å². The number of benzene rings is 2. The molecule has 0 saturated heterocycles. The number of anilines is 1. The maximum Gasteiger partial charge on any atom is 0.258 e. The van der Waals surface area contributed by atoms with Crippen LogP contribution in [0.3, 0.4) is 0 Å². The Bertz CT molecular complexity index is 1010. The van der Waals surface area contributed by atoms with Crippen molar-refractivity contribution < 1.29 is 4.79 Å². The second-order valence-electron chi connectivity index (χ2n) is 5.71. The highest BCUT2D eigenvalue weighted by Crippen LogP contribution is 2.25. The Morgan fingerprint density at radius 1 is 0.846 bits per heavy atom. The van der Waals surface area contributed by atoms with Crippen molar-refractivity contribution in [1.29, 1.82) is 0 Å². The zero-order chi connectivity index (χ0) is 17.8. The Morgan fingerprint density at radius 2 is 1.62 bits per heavy atom. The number of hydrogen-bond acceptors (Lipinski definition) is 4. The van der Waals surface area contributed by atoms with E-state index in [9.17, 15) is 4.79 Å². The van der Waals surface area contributed by atoms with Gasteiger partial charge >= 0.3 is 0 Å². The first kappa shape index (κ1) is 16.2. The molecule has 4 aromatic rings. The van der Waals surface area contributed by atoms with E-state index in [4.69, 9.17) is 0 Å². The van der Waals surface area contributed by atoms with Gasteiger partial charge in [-0.1, -0.05) is 42.5 Å². The summed E-state index contributed by atoms with van der Waals surface area (Å²) < 4.78 is 0. The molecule has 0 atom stereocenters. The average molecular weight is 357 g/mol. The molecular weight excluding hydrogens is 342 g/mol. The van der Waals surface area contributed by atoms with Crippen molar-refractivity contribution in [2.45, 2.75) is 0 Å². The molecular formula is C21H15N3OS. The third-order valence-corrected chi connectivity index (χ3v) is 4.60. The van der Waals surface area contributed by atoms with Gasteiger partial charge in [0.15, 0.2) is 5.82 Å². The Kier molecular flexibility index (Phi) is 4.53. The Hall–Kier alpha value is -3.31. The molecule has 2 aromatic heterocycles. The van der Waals surface area contributed by atoms with E-state index in [1.165, 1.54) is 0 Å². The van der Waals surface area contributed by atoms with Gasteiger partial charge in [0.2, 0.25) is 0 Å². The fraction of sp³-hybridized carbons (Fsp3) is 0. The maximum absolute atomic E-state index is 12.5. The van der Waals surface area contributed by atoms with Crippen LogP contribution in [-0.4, -0.2) is 15.9 Å². The second kappa shape index (κ2) is 7.29.